The maximum absolute atomic E-state index is 4.38. The maximum atomic E-state index is 4.38. The van der Waals surface area contributed by atoms with Crippen LogP contribution in [0.25, 0.3) is 0 Å². The van der Waals surface area contributed by atoms with Crippen LogP contribution in [0.15, 0.2) is 0 Å². The molecule has 0 radical (unpaired) electrons. The summed E-state index contributed by atoms with van der Waals surface area (Å²) in [7, 11) is 0. The first-order valence-electron chi connectivity index (χ1n) is 2.56. The van der Waals surface area contributed by atoms with E-state index in [1.165, 1.54) is 11.5 Å². The van der Waals surface area contributed by atoms with E-state index >= 15 is 0 Å². The summed E-state index contributed by atoms with van der Waals surface area (Å²) < 4.78 is 0. The third-order valence-electron chi connectivity index (χ3n) is 0.479. The van der Waals surface area contributed by atoms with Crippen LogP contribution in [0, 0.1) is 0 Å². The Labute approximate surface area is 66.0 Å². The summed E-state index contributed by atoms with van der Waals surface area (Å²) in [5.41, 5.74) is -0.0530. The molecule has 0 aliphatic carbocycles. The molecule has 0 aromatic rings. The fourth-order valence-corrected chi connectivity index (χ4v) is 6.97. The van der Waals surface area contributed by atoms with E-state index in [-0.39, 0.29) is 5.53 Å². The predicted molar refractivity (Wildman–Crippen MR) is 52.2 cm³/mol. The van der Waals surface area contributed by atoms with Crippen molar-refractivity contribution in [1.29, 1.82) is 0 Å². The van der Waals surface area contributed by atoms with Crippen LogP contribution < -0.4 is 0 Å². The average Bonchev–Trinajstić information content (AvgIpc) is 1.68. The van der Waals surface area contributed by atoms with Gasteiger partial charge < -0.3 is 0 Å². The largest absolute Gasteiger partial charge is 0.130 e. The van der Waals surface area contributed by atoms with Crippen LogP contribution >= 0.6 is 40.5 Å². The summed E-state index contributed by atoms with van der Waals surface area (Å²) in [6.45, 7) is 4.35. The molecule has 0 rings (SSSR count). The fraction of sp³-hybridized carbons (Fsp3) is 1.00. The van der Waals surface area contributed by atoms with Gasteiger partial charge in [0.25, 0.3) is 0 Å². The molecule has 0 saturated carbocycles. The first-order chi connectivity index (χ1) is 3.81. The van der Waals surface area contributed by atoms with Crippen LogP contribution in [-0.4, -0.2) is 11.5 Å². The highest BCUT2D eigenvalue weighted by atomic mass is 33.4. The zero-order valence-electron chi connectivity index (χ0n) is 5.13. The highest BCUT2D eigenvalue weighted by Crippen LogP contribution is 2.64. The van der Waals surface area contributed by atoms with Gasteiger partial charge in [0.15, 0.2) is 0 Å². The predicted octanol–water partition coefficient (Wildman–Crippen LogP) is 3.65. The molecule has 0 aromatic heterocycles. The standard InChI is InChI=1S/C4H11PS3/c1-3-7-5(6)8-4-2/h6H,3-4H2,1-2H3. The zero-order chi connectivity index (χ0) is 6.41. The van der Waals surface area contributed by atoms with Gasteiger partial charge in [-0.25, -0.2) is 0 Å². The lowest BCUT2D eigenvalue weighted by Gasteiger charge is -2.03. The molecule has 0 N–H and O–H groups in total. The number of hydrogen-bond donors (Lipinski definition) is 1. The van der Waals surface area contributed by atoms with Gasteiger partial charge in [-0.2, -0.15) is 0 Å². The molecule has 0 atom stereocenters. The molecule has 0 aromatic carbocycles. The Bertz CT molecular complexity index is 44.5. The first-order valence-corrected chi connectivity index (χ1v) is 8.23. The smallest absolute Gasteiger partial charge is 0.0697 e. The molecular weight excluding hydrogens is 175 g/mol. The molecule has 0 heterocycles. The van der Waals surface area contributed by atoms with Crippen LogP contribution in [0.2, 0.25) is 0 Å². The minimum Gasteiger partial charge on any atom is -0.130 e. The van der Waals surface area contributed by atoms with E-state index < -0.39 is 0 Å². The van der Waals surface area contributed by atoms with E-state index in [2.05, 4.69) is 26.1 Å². The van der Waals surface area contributed by atoms with Crippen LogP contribution in [0.4, 0.5) is 0 Å². The maximum Gasteiger partial charge on any atom is 0.0697 e. The molecule has 0 amide bonds. The second-order valence-electron chi connectivity index (χ2n) is 1.07. The lowest BCUT2D eigenvalue weighted by atomic mass is 11.0. The Kier molecular flexibility index (Phi) is 7.82. The summed E-state index contributed by atoms with van der Waals surface area (Å²) in [5.74, 6) is 2.39. The molecule has 50 valence electrons. The number of hydrogen-bond acceptors (Lipinski definition) is 3. The third-order valence-corrected chi connectivity index (χ3v) is 8.29. The summed E-state index contributed by atoms with van der Waals surface area (Å²) in [6, 6.07) is 0. The van der Waals surface area contributed by atoms with Gasteiger partial charge in [-0.05, 0) is 11.5 Å². The average molecular weight is 186 g/mol. The second kappa shape index (κ2) is 6.60. The molecule has 0 bridgehead atoms. The van der Waals surface area contributed by atoms with Crippen molar-refractivity contribution in [1.82, 2.24) is 0 Å². The quantitative estimate of drug-likeness (QED) is 0.525. The Balaban J connectivity index is 2.92. The second-order valence-corrected chi connectivity index (χ2v) is 10.5. The summed E-state index contributed by atoms with van der Waals surface area (Å²) in [6.07, 6.45) is 0. The van der Waals surface area contributed by atoms with Crippen molar-refractivity contribution in [2.45, 2.75) is 13.8 Å². The molecule has 8 heavy (non-hydrogen) atoms. The van der Waals surface area contributed by atoms with E-state index in [1.807, 2.05) is 22.8 Å². The molecule has 0 saturated heterocycles. The fourth-order valence-electron chi connectivity index (χ4n) is 0.258. The van der Waals surface area contributed by atoms with Crippen molar-refractivity contribution in [2.75, 3.05) is 11.5 Å². The minimum atomic E-state index is -0.0530. The Morgan fingerprint density at radius 2 is 1.62 bits per heavy atom. The van der Waals surface area contributed by atoms with Crippen molar-refractivity contribution >= 4 is 40.5 Å². The van der Waals surface area contributed by atoms with Crippen LogP contribution in [-0.2, 0) is 0 Å². The zero-order valence-corrected chi connectivity index (χ0v) is 8.55. The van der Waals surface area contributed by atoms with E-state index in [1.54, 1.807) is 0 Å². The normalized spacial score (nSPS) is 10.5. The van der Waals surface area contributed by atoms with Gasteiger partial charge in [-0.3, -0.25) is 0 Å². The van der Waals surface area contributed by atoms with Gasteiger partial charge in [-0.1, -0.05) is 13.8 Å². The molecule has 0 aliphatic rings. The van der Waals surface area contributed by atoms with Crippen LogP contribution in [0.3, 0.4) is 0 Å². The third kappa shape index (κ3) is 5.61. The molecule has 0 fully saturated rings. The van der Waals surface area contributed by atoms with Gasteiger partial charge >= 0.3 is 0 Å². The molecule has 0 spiro atoms. The Morgan fingerprint density at radius 3 is 1.88 bits per heavy atom. The van der Waals surface area contributed by atoms with Crippen molar-refractivity contribution in [3.05, 3.63) is 0 Å². The number of rotatable bonds is 4. The molecule has 0 nitrogen and oxygen atoms in total. The molecular formula is C4H11PS3. The monoisotopic (exact) mass is 186 g/mol. The van der Waals surface area contributed by atoms with Gasteiger partial charge in [0.05, 0.1) is 5.53 Å². The number of thiol groups is 1. The molecule has 0 unspecified atom stereocenters. The van der Waals surface area contributed by atoms with Crippen molar-refractivity contribution in [3.8, 4) is 0 Å². The highest BCUT2D eigenvalue weighted by Gasteiger charge is 1.97. The van der Waals surface area contributed by atoms with Gasteiger partial charge in [0.2, 0.25) is 0 Å². The van der Waals surface area contributed by atoms with Gasteiger partial charge in [0, 0.05) is 0 Å². The summed E-state index contributed by atoms with van der Waals surface area (Å²) in [4.78, 5) is 0. The van der Waals surface area contributed by atoms with Crippen molar-refractivity contribution in [2.24, 2.45) is 0 Å². The van der Waals surface area contributed by atoms with Crippen molar-refractivity contribution < 1.29 is 0 Å². The topological polar surface area (TPSA) is 0 Å². The van der Waals surface area contributed by atoms with E-state index in [4.69, 9.17) is 0 Å². The van der Waals surface area contributed by atoms with E-state index in [9.17, 15) is 0 Å². The van der Waals surface area contributed by atoms with E-state index in [0.717, 1.165) is 0 Å². The molecule has 4 heteroatoms. The summed E-state index contributed by atoms with van der Waals surface area (Å²) in [5, 5.41) is 0. The lowest BCUT2D eigenvalue weighted by Crippen LogP contribution is -1.59. The Hall–Kier alpha value is 1.48. The van der Waals surface area contributed by atoms with E-state index in [0.29, 0.717) is 0 Å². The van der Waals surface area contributed by atoms with Crippen molar-refractivity contribution in [3.63, 3.8) is 0 Å². The lowest BCUT2D eigenvalue weighted by molar-refractivity contribution is 1.54. The van der Waals surface area contributed by atoms with Gasteiger partial charge in [-0.15, -0.1) is 35.0 Å². The van der Waals surface area contributed by atoms with Crippen LogP contribution in [0.5, 0.6) is 0 Å². The first kappa shape index (κ1) is 9.48. The molecule has 0 aliphatic heterocycles. The Morgan fingerprint density at radius 1 is 1.25 bits per heavy atom. The highest BCUT2D eigenvalue weighted by molar-refractivity contribution is 9.09. The minimum absolute atomic E-state index is 0.0530. The SMILES string of the molecule is CCSP(S)SCC. The summed E-state index contributed by atoms with van der Waals surface area (Å²) >= 11 is 8.28. The van der Waals surface area contributed by atoms with Gasteiger partial charge in [0.1, 0.15) is 0 Å². The van der Waals surface area contributed by atoms with Crippen LogP contribution in [0.1, 0.15) is 13.8 Å².